The molecule has 5 rings (SSSR count). The van der Waals surface area contributed by atoms with Crippen molar-refractivity contribution in [1.29, 1.82) is 0 Å². The largest absolute Gasteiger partial charge is 0.494 e. The molecule has 0 aliphatic carbocycles. The molecule has 3 aromatic rings. The highest BCUT2D eigenvalue weighted by atomic mass is 32.2. The summed E-state index contributed by atoms with van der Waals surface area (Å²) >= 11 is 0. The summed E-state index contributed by atoms with van der Waals surface area (Å²) in [4.78, 5) is 52.6. The van der Waals surface area contributed by atoms with Gasteiger partial charge in [0, 0.05) is 19.6 Å². The minimum Gasteiger partial charge on any atom is -0.494 e. The first kappa shape index (κ1) is 27.4. The summed E-state index contributed by atoms with van der Waals surface area (Å²) in [5.74, 6) is -1.30. The number of carbonyl (C=O) groups excluding carboxylic acids is 2. The second-order valence-corrected chi connectivity index (χ2v) is 12.4. The lowest BCUT2D eigenvalue weighted by Gasteiger charge is -2.38. The molecule has 2 amide bonds. The minimum absolute atomic E-state index is 0.0629. The normalized spacial score (nSPS) is 20.8. The maximum Gasteiger partial charge on any atom is 0.257 e. The summed E-state index contributed by atoms with van der Waals surface area (Å²) in [6.07, 6.45) is 0.763. The Labute approximate surface area is 231 Å². The van der Waals surface area contributed by atoms with Gasteiger partial charge in [-0.2, -0.15) is 0 Å². The zero-order chi connectivity index (χ0) is 28.7. The monoisotopic (exact) mass is 566 g/mol. The van der Waals surface area contributed by atoms with Crippen molar-refractivity contribution in [2.24, 2.45) is 0 Å². The Morgan fingerprint density at radius 3 is 2.45 bits per heavy atom. The molecule has 40 heavy (non-hydrogen) atoms. The molecule has 2 aliphatic heterocycles. The van der Waals surface area contributed by atoms with E-state index in [9.17, 15) is 27.6 Å². The Morgan fingerprint density at radius 1 is 1.07 bits per heavy atom. The summed E-state index contributed by atoms with van der Waals surface area (Å²) in [7, 11) is -2.37. The fourth-order valence-corrected chi connectivity index (χ4v) is 7.41. The third kappa shape index (κ3) is 4.41. The second kappa shape index (κ2) is 10.4. The molecule has 2 atom stereocenters. The lowest BCUT2D eigenvalue weighted by molar-refractivity contribution is -0.121. The van der Waals surface area contributed by atoms with Gasteiger partial charge in [-0.1, -0.05) is 43.3 Å². The third-order valence-corrected chi connectivity index (χ3v) is 10.2. The quantitative estimate of drug-likeness (QED) is 0.346. The summed E-state index contributed by atoms with van der Waals surface area (Å²) in [5.41, 5.74) is 0.255. The van der Waals surface area contributed by atoms with Crippen molar-refractivity contribution in [2.75, 3.05) is 43.1 Å². The summed E-state index contributed by atoms with van der Waals surface area (Å²) in [6.45, 7) is 1.86. The highest BCUT2D eigenvalue weighted by Crippen LogP contribution is 2.37. The van der Waals surface area contributed by atoms with Gasteiger partial charge in [0.1, 0.15) is 11.4 Å². The topological polar surface area (TPSA) is 151 Å². The van der Waals surface area contributed by atoms with E-state index in [2.05, 4.69) is 16.0 Å². The van der Waals surface area contributed by atoms with E-state index in [1.807, 2.05) is 37.3 Å². The molecular formula is C28H30N4O7S. The van der Waals surface area contributed by atoms with Crippen molar-refractivity contribution in [3.63, 3.8) is 0 Å². The molecule has 2 saturated heterocycles. The number of carbonyl (C=O) groups is 2. The number of hydrogen-bond donors (Lipinski definition) is 3. The van der Waals surface area contributed by atoms with Gasteiger partial charge in [0.05, 0.1) is 30.2 Å². The lowest BCUT2D eigenvalue weighted by atomic mass is 10.0. The van der Waals surface area contributed by atoms with Crippen LogP contribution in [0.1, 0.15) is 41.7 Å². The maximum absolute atomic E-state index is 13.6. The smallest absolute Gasteiger partial charge is 0.257 e. The van der Waals surface area contributed by atoms with Crippen molar-refractivity contribution in [3.8, 4) is 5.75 Å². The van der Waals surface area contributed by atoms with Gasteiger partial charge in [0.25, 0.3) is 16.8 Å². The standard InChI is InChI=1S/C28H30N4O7S/c1-3-19(17-8-5-4-6-9-17)30-21-22(24(34)23(21)33)31-20-11-7-10-18(25(20)39-2)26(35)32-14-15-40(37,38)28(16-32)12-13-29-27(28)36/h4-11,19,30-31H,3,12-16H2,1-2H3,(H,29,36)/t19-,28?/m1/s1. The first-order valence-electron chi connectivity index (χ1n) is 13.0. The number of hydrogen-bond acceptors (Lipinski definition) is 9. The van der Waals surface area contributed by atoms with E-state index in [4.69, 9.17) is 4.74 Å². The molecule has 0 bridgehead atoms. The highest BCUT2D eigenvalue weighted by Gasteiger charge is 2.57. The Hall–Kier alpha value is -4.19. The van der Waals surface area contributed by atoms with Crippen LogP contribution < -0.4 is 31.5 Å². The van der Waals surface area contributed by atoms with E-state index in [0.29, 0.717) is 6.42 Å². The van der Waals surface area contributed by atoms with Gasteiger partial charge in [-0.25, -0.2) is 8.42 Å². The zero-order valence-electron chi connectivity index (χ0n) is 22.2. The Bertz CT molecular complexity index is 1650. The Kier molecular flexibility index (Phi) is 7.13. The lowest BCUT2D eigenvalue weighted by Crippen LogP contribution is -2.61. The fraction of sp³-hybridized carbons (Fsp3) is 0.357. The van der Waals surface area contributed by atoms with E-state index < -0.39 is 37.3 Å². The first-order valence-corrected chi connectivity index (χ1v) is 14.7. The molecule has 2 heterocycles. The molecule has 2 aliphatic rings. The number of para-hydroxylation sites is 1. The number of benzene rings is 2. The molecule has 0 radical (unpaired) electrons. The van der Waals surface area contributed by atoms with E-state index in [1.165, 1.54) is 18.1 Å². The molecule has 1 spiro atoms. The van der Waals surface area contributed by atoms with E-state index in [1.54, 1.807) is 12.1 Å². The van der Waals surface area contributed by atoms with Crippen LogP contribution in [0.2, 0.25) is 0 Å². The van der Waals surface area contributed by atoms with Gasteiger partial charge in [-0.3, -0.25) is 19.2 Å². The van der Waals surface area contributed by atoms with Gasteiger partial charge in [0.2, 0.25) is 5.91 Å². The van der Waals surface area contributed by atoms with Crippen LogP contribution in [0.15, 0.2) is 58.1 Å². The van der Waals surface area contributed by atoms with E-state index >= 15 is 0 Å². The van der Waals surface area contributed by atoms with Crippen LogP contribution in [0.5, 0.6) is 5.75 Å². The predicted octanol–water partition coefficient (Wildman–Crippen LogP) is 1.73. The van der Waals surface area contributed by atoms with Crippen LogP contribution in [0.4, 0.5) is 17.1 Å². The molecule has 0 saturated carbocycles. The first-order chi connectivity index (χ1) is 19.1. The van der Waals surface area contributed by atoms with Crippen LogP contribution >= 0.6 is 0 Å². The van der Waals surface area contributed by atoms with Crippen LogP contribution in [-0.2, 0) is 14.6 Å². The van der Waals surface area contributed by atoms with Crippen molar-refractivity contribution in [3.05, 3.63) is 80.1 Å². The molecule has 2 fully saturated rings. The van der Waals surface area contributed by atoms with Crippen molar-refractivity contribution >= 4 is 38.7 Å². The molecular weight excluding hydrogens is 536 g/mol. The van der Waals surface area contributed by atoms with Crippen molar-refractivity contribution in [1.82, 2.24) is 10.2 Å². The van der Waals surface area contributed by atoms with E-state index in [0.717, 1.165) is 5.56 Å². The molecule has 0 aromatic heterocycles. The average Bonchev–Trinajstić information content (AvgIpc) is 3.34. The number of methoxy groups -OCH3 is 1. The number of sulfone groups is 1. The van der Waals surface area contributed by atoms with Gasteiger partial charge < -0.3 is 25.6 Å². The number of rotatable bonds is 8. The molecule has 210 valence electrons. The third-order valence-electron chi connectivity index (χ3n) is 7.74. The highest BCUT2D eigenvalue weighted by molar-refractivity contribution is 7.93. The predicted molar refractivity (Wildman–Crippen MR) is 151 cm³/mol. The molecule has 3 N–H and O–H groups in total. The SMILES string of the molecule is CC[C@@H](Nc1c(Nc2cccc(C(=O)N3CCS(=O)(=O)C4(CCNC4=O)C3)c2OC)c(=O)c1=O)c1ccccc1. The molecule has 11 nitrogen and oxygen atoms in total. The number of amides is 2. The van der Waals surface area contributed by atoms with Gasteiger partial charge in [0.15, 0.2) is 20.3 Å². The Balaban J connectivity index is 1.42. The maximum atomic E-state index is 13.6. The summed E-state index contributed by atoms with van der Waals surface area (Å²) < 4.78 is 29.6. The number of anilines is 3. The second-order valence-electron chi connectivity index (χ2n) is 9.98. The summed E-state index contributed by atoms with van der Waals surface area (Å²) in [5, 5.41) is 8.72. The number of nitrogens with zero attached hydrogens (tertiary/aromatic N) is 1. The Morgan fingerprint density at radius 2 is 1.80 bits per heavy atom. The number of ether oxygens (including phenoxy) is 1. The molecule has 1 unspecified atom stereocenters. The van der Waals surface area contributed by atoms with Gasteiger partial charge in [-0.15, -0.1) is 0 Å². The molecule has 3 aromatic carbocycles. The van der Waals surface area contributed by atoms with Crippen LogP contribution in [0, 0.1) is 0 Å². The fourth-order valence-electron chi connectivity index (χ4n) is 5.44. The molecule has 12 heteroatoms. The number of nitrogens with one attached hydrogen (secondary N) is 3. The van der Waals surface area contributed by atoms with Crippen molar-refractivity contribution < 1.29 is 22.7 Å². The summed E-state index contributed by atoms with van der Waals surface area (Å²) in [6, 6.07) is 14.1. The van der Waals surface area contributed by atoms with E-state index in [-0.39, 0.29) is 66.2 Å². The average molecular weight is 567 g/mol. The zero-order valence-corrected chi connectivity index (χ0v) is 23.0. The minimum atomic E-state index is -3.74. The van der Waals surface area contributed by atoms with Gasteiger partial charge >= 0.3 is 0 Å². The van der Waals surface area contributed by atoms with Crippen LogP contribution in [0.3, 0.4) is 0 Å². The van der Waals surface area contributed by atoms with Gasteiger partial charge in [-0.05, 0) is 30.5 Å². The van der Waals surface area contributed by atoms with Crippen LogP contribution in [0.25, 0.3) is 0 Å². The van der Waals surface area contributed by atoms with Crippen LogP contribution in [-0.4, -0.2) is 62.4 Å². The van der Waals surface area contributed by atoms with Crippen molar-refractivity contribution in [2.45, 2.75) is 30.6 Å².